The van der Waals surface area contributed by atoms with E-state index in [0.29, 0.717) is 0 Å². The summed E-state index contributed by atoms with van der Waals surface area (Å²) in [5.41, 5.74) is 2.57. The predicted molar refractivity (Wildman–Crippen MR) is 108 cm³/mol. The fourth-order valence-electron chi connectivity index (χ4n) is 4.56. The number of benzene rings is 2. The second kappa shape index (κ2) is 9.09. The maximum absolute atomic E-state index is 11.8. The summed E-state index contributed by atoms with van der Waals surface area (Å²) in [7, 11) is 2.21. The molecule has 2 aromatic carbocycles. The molecule has 1 saturated heterocycles. The van der Waals surface area contributed by atoms with E-state index in [4.69, 9.17) is 0 Å². The van der Waals surface area contributed by atoms with Crippen LogP contribution in [0, 0.1) is 10.8 Å². The van der Waals surface area contributed by atoms with Crippen LogP contribution in [0.25, 0.3) is 0 Å². The van der Waals surface area contributed by atoms with E-state index in [-0.39, 0.29) is 24.0 Å². The average Bonchev–Trinajstić information content (AvgIpc) is 2.70. The Kier molecular flexibility index (Phi) is 6.56. The molecule has 2 aromatic rings. The van der Waals surface area contributed by atoms with Gasteiger partial charge in [-0.3, -0.25) is 4.90 Å². The van der Waals surface area contributed by atoms with Crippen molar-refractivity contribution in [1.29, 1.82) is 0 Å². The Balaban J connectivity index is 1.95. The number of nitrogens with zero attached hydrogens (tertiary/aromatic N) is 2. The molecule has 3 rings (SSSR count). The summed E-state index contributed by atoms with van der Waals surface area (Å²) in [5, 5.41) is 3.62. The van der Waals surface area contributed by atoms with E-state index in [1.165, 1.54) is 30.4 Å². The molecule has 4 unspecified atom stereocenters. The molecular weight excluding hydrogens is 320 g/mol. The number of piperidine rings is 1. The lowest BCUT2D eigenvalue weighted by Gasteiger charge is -2.47. The summed E-state index contributed by atoms with van der Waals surface area (Å²) in [4.78, 5) is 14.3. The zero-order valence-electron chi connectivity index (χ0n) is 15.9. The maximum atomic E-state index is 11.8. The van der Waals surface area contributed by atoms with E-state index in [2.05, 4.69) is 78.6 Å². The van der Waals surface area contributed by atoms with Crippen molar-refractivity contribution < 1.29 is 0 Å². The number of unbranched alkanes of at least 4 members (excludes halogenated alkanes) is 2. The van der Waals surface area contributed by atoms with Gasteiger partial charge in [0.15, 0.2) is 0 Å². The Labute approximate surface area is 157 Å². The van der Waals surface area contributed by atoms with Gasteiger partial charge in [0.2, 0.25) is 0 Å². The van der Waals surface area contributed by atoms with Crippen LogP contribution in [0.15, 0.2) is 65.8 Å². The summed E-state index contributed by atoms with van der Waals surface area (Å²) >= 11 is 0. The van der Waals surface area contributed by atoms with Crippen LogP contribution < -0.4 is 0 Å². The second-order valence-corrected chi connectivity index (χ2v) is 7.52. The van der Waals surface area contributed by atoms with Gasteiger partial charge in [0.05, 0.1) is 6.04 Å². The van der Waals surface area contributed by atoms with E-state index in [0.717, 1.165) is 12.8 Å². The van der Waals surface area contributed by atoms with Crippen LogP contribution in [0.5, 0.6) is 0 Å². The highest BCUT2D eigenvalue weighted by molar-refractivity contribution is 5.26. The first-order valence-corrected chi connectivity index (χ1v) is 9.90. The van der Waals surface area contributed by atoms with E-state index < -0.39 is 0 Å². The fourth-order valence-corrected chi connectivity index (χ4v) is 4.56. The molecule has 1 fully saturated rings. The minimum Gasteiger partial charge on any atom is -0.292 e. The first-order chi connectivity index (χ1) is 12.8. The van der Waals surface area contributed by atoms with E-state index >= 15 is 0 Å². The molecule has 0 N–H and O–H groups in total. The minimum atomic E-state index is -0.126. The van der Waals surface area contributed by atoms with Gasteiger partial charge in [0, 0.05) is 18.0 Å². The molecule has 0 aromatic heterocycles. The van der Waals surface area contributed by atoms with Crippen LogP contribution in [-0.4, -0.2) is 18.0 Å². The molecule has 3 heteroatoms. The highest BCUT2D eigenvalue weighted by atomic mass is 16.3. The zero-order chi connectivity index (χ0) is 18.4. The molecule has 0 spiro atoms. The summed E-state index contributed by atoms with van der Waals surface area (Å²) in [6, 6.07) is 21.5. The third kappa shape index (κ3) is 4.04. The molecule has 3 nitrogen and oxygen atoms in total. The Hall–Kier alpha value is -2.00. The molecule has 0 amide bonds. The van der Waals surface area contributed by atoms with E-state index in [1.807, 2.05) is 6.07 Å². The Bertz CT molecular complexity index is 673. The smallest absolute Gasteiger partial charge is 0.0984 e. The van der Waals surface area contributed by atoms with Gasteiger partial charge in [0.25, 0.3) is 0 Å². The van der Waals surface area contributed by atoms with Crippen LogP contribution in [-0.2, 0) is 0 Å². The lowest BCUT2D eigenvalue weighted by molar-refractivity contribution is 0.0420. The molecule has 0 saturated carbocycles. The SMILES string of the molecule is CCCCCC1C(N=O)CC(c2ccccc2)N(C)C1c1ccccc1. The van der Waals surface area contributed by atoms with Gasteiger partial charge in [0.1, 0.15) is 0 Å². The molecule has 26 heavy (non-hydrogen) atoms. The maximum Gasteiger partial charge on any atom is 0.0984 e. The van der Waals surface area contributed by atoms with Gasteiger partial charge in [-0.15, -0.1) is 0 Å². The molecule has 1 heterocycles. The van der Waals surface area contributed by atoms with Crippen LogP contribution in [0.1, 0.15) is 62.2 Å². The standard InChI is InChI=1S/C23H30N2O/c1-3-4-7-16-20-21(24-26)17-22(18-12-8-5-9-13-18)25(2)23(20)19-14-10-6-11-15-19/h5-6,8-15,20-23H,3-4,7,16-17H2,1-2H3. The lowest BCUT2D eigenvalue weighted by atomic mass is 9.75. The molecule has 138 valence electrons. The molecule has 0 bridgehead atoms. The van der Waals surface area contributed by atoms with Gasteiger partial charge >= 0.3 is 0 Å². The summed E-state index contributed by atoms with van der Waals surface area (Å²) in [6.45, 7) is 2.22. The van der Waals surface area contributed by atoms with E-state index in [9.17, 15) is 4.91 Å². The third-order valence-corrected chi connectivity index (χ3v) is 5.90. The van der Waals surface area contributed by atoms with Gasteiger partial charge in [-0.05, 0) is 31.0 Å². The number of rotatable bonds is 7. The highest BCUT2D eigenvalue weighted by Gasteiger charge is 2.42. The number of nitroso groups, excluding NO2 is 1. The van der Waals surface area contributed by atoms with Crippen molar-refractivity contribution in [3.63, 3.8) is 0 Å². The summed E-state index contributed by atoms with van der Waals surface area (Å²) in [5.74, 6) is 0.284. The average molecular weight is 351 g/mol. The van der Waals surface area contributed by atoms with Gasteiger partial charge in [-0.25, -0.2) is 0 Å². The van der Waals surface area contributed by atoms with Gasteiger partial charge in [-0.2, -0.15) is 4.91 Å². The second-order valence-electron chi connectivity index (χ2n) is 7.52. The Morgan fingerprint density at radius 2 is 1.58 bits per heavy atom. The highest BCUT2D eigenvalue weighted by Crippen LogP contribution is 2.46. The Morgan fingerprint density at radius 3 is 2.15 bits per heavy atom. The molecule has 1 aliphatic heterocycles. The topological polar surface area (TPSA) is 32.7 Å². The van der Waals surface area contributed by atoms with Gasteiger partial charge < -0.3 is 0 Å². The Morgan fingerprint density at radius 1 is 0.962 bits per heavy atom. The van der Waals surface area contributed by atoms with Gasteiger partial charge in [-0.1, -0.05) is 92.0 Å². The number of likely N-dealkylation sites (tertiary alicyclic amines) is 1. The number of hydrogen-bond acceptors (Lipinski definition) is 3. The quantitative estimate of drug-likeness (QED) is 0.444. The molecule has 0 aliphatic carbocycles. The van der Waals surface area contributed by atoms with Crippen LogP contribution in [0.2, 0.25) is 0 Å². The number of hydrogen-bond donors (Lipinski definition) is 0. The minimum absolute atomic E-state index is 0.126. The normalized spacial score (nSPS) is 26.5. The van der Waals surface area contributed by atoms with Crippen molar-refractivity contribution >= 4 is 0 Å². The predicted octanol–water partition coefficient (Wildman–Crippen LogP) is 6.14. The van der Waals surface area contributed by atoms with Crippen LogP contribution in [0.3, 0.4) is 0 Å². The summed E-state index contributed by atoms with van der Waals surface area (Å²) in [6.07, 6.45) is 5.46. The van der Waals surface area contributed by atoms with Crippen LogP contribution >= 0.6 is 0 Å². The molecule has 4 atom stereocenters. The fraction of sp³-hybridized carbons (Fsp3) is 0.478. The van der Waals surface area contributed by atoms with Crippen molar-refractivity contribution in [2.45, 2.75) is 57.2 Å². The van der Waals surface area contributed by atoms with Crippen molar-refractivity contribution in [2.75, 3.05) is 7.05 Å². The first kappa shape index (κ1) is 18.8. The molecule has 0 radical (unpaired) electrons. The monoisotopic (exact) mass is 350 g/mol. The van der Waals surface area contributed by atoms with Crippen LogP contribution in [0.4, 0.5) is 0 Å². The van der Waals surface area contributed by atoms with Crippen molar-refractivity contribution in [3.05, 3.63) is 76.7 Å². The lowest BCUT2D eigenvalue weighted by Crippen LogP contribution is -2.45. The third-order valence-electron chi connectivity index (χ3n) is 5.90. The van der Waals surface area contributed by atoms with Crippen molar-refractivity contribution in [3.8, 4) is 0 Å². The first-order valence-electron chi connectivity index (χ1n) is 9.90. The molecule has 1 aliphatic rings. The van der Waals surface area contributed by atoms with Crippen molar-refractivity contribution in [2.24, 2.45) is 11.1 Å². The zero-order valence-corrected chi connectivity index (χ0v) is 15.9. The summed E-state index contributed by atoms with van der Waals surface area (Å²) < 4.78 is 0. The molecular formula is C23H30N2O. The van der Waals surface area contributed by atoms with E-state index in [1.54, 1.807) is 0 Å². The largest absolute Gasteiger partial charge is 0.292 e. The van der Waals surface area contributed by atoms with Crippen molar-refractivity contribution in [1.82, 2.24) is 4.90 Å².